The Labute approximate surface area is 127 Å². The highest BCUT2D eigenvalue weighted by atomic mass is 19.1. The standard InChI is InChI=1S/C14H19FN2O5/c1-17(6-5-13(18)19)14(20)16-11-9-10(15)3-4-12(11)22-8-7-21-2/h3-4,9H,5-8H2,1-2H3,(H,16,20)(H,18,19). The first-order chi connectivity index (χ1) is 10.4. The molecule has 0 unspecified atom stereocenters. The van der Waals surface area contributed by atoms with E-state index in [1.807, 2.05) is 0 Å². The van der Waals surface area contributed by atoms with Crippen LogP contribution in [0.2, 0.25) is 0 Å². The van der Waals surface area contributed by atoms with Crippen molar-refractivity contribution >= 4 is 17.7 Å². The number of hydrogen-bond acceptors (Lipinski definition) is 4. The monoisotopic (exact) mass is 314 g/mol. The highest BCUT2D eigenvalue weighted by molar-refractivity contribution is 5.91. The van der Waals surface area contributed by atoms with Crippen LogP contribution in [0.4, 0.5) is 14.9 Å². The molecule has 0 heterocycles. The molecule has 1 rings (SSSR count). The Bertz CT molecular complexity index is 524. The molecule has 0 fully saturated rings. The Morgan fingerprint density at radius 3 is 2.73 bits per heavy atom. The van der Waals surface area contributed by atoms with E-state index in [1.165, 1.54) is 31.2 Å². The van der Waals surface area contributed by atoms with Crippen LogP contribution in [0, 0.1) is 5.82 Å². The summed E-state index contributed by atoms with van der Waals surface area (Å²) in [7, 11) is 2.97. The third kappa shape index (κ3) is 5.96. The average molecular weight is 314 g/mol. The highest BCUT2D eigenvalue weighted by Gasteiger charge is 2.14. The molecule has 0 aliphatic carbocycles. The maximum absolute atomic E-state index is 13.3. The molecule has 0 aliphatic heterocycles. The van der Waals surface area contributed by atoms with Gasteiger partial charge in [-0.15, -0.1) is 0 Å². The Morgan fingerprint density at radius 1 is 1.36 bits per heavy atom. The number of nitrogens with one attached hydrogen (secondary N) is 1. The molecule has 7 nitrogen and oxygen atoms in total. The number of aliphatic carboxylic acids is 1. The second-order valence-electron chi connectivity index (χ2n) is 4.48. The predicted octanol–water partition coefficient (Wildman–Crippen LogP) is 1.79. The van der Waals surface area contributed by atoms with Gasteiger partial charge in [-0.1, -0.05) is 0 Å². The third-order valence-electron chi connectivity index (χ3n) is 2.74. The van der Waals surface area contributed by atoms with Crippen LogP contribution in [-0.4, -0.2) is 55.9 Å². The van der Waals surface area contributed by atoms with Crippen molar-refractivity contribution in [2.75, 3.05) is 39.2 Å². The number of carboxylic acid groups (broad SMARTS) is 1. The quantitative estimate of drug-likeness (QED) is 0.714. The van der Waals surface area contributed by atoms with E-state index in [2.05, 4.69) is 5.32 Å². The summed E-state index contributed by atoms with van der Waals surface area (Å²) in [5.41, 5.74) is 0.170. The van der Waals surface area contributed by atoms with Crippen LogP contribution in [0.1, 0.15) is 6.42 Å². The van der Waals surface area contributed by atoms with E-state index < -0.39 is 17.8 Å². The SMILES string of the molecule is COCCOc1ccc(F)cc1NC(=O)N(C)CCC(=O)O. The molecular formula is C14H19FN2O5. The summed E-state index contributed by atoms with van der Waals surface area (Å²) in [5, 5.41) is 11.1. The van der Waals surface area contributed by atoms with Crippen LogP contribution in [0.25, 0.3) is 0 Å². The Morgan fingerprint density at radius 2 is 2.09 bits per heavy atom. The van der Waals surface area contributed by atoms with E-state index >= 15 is 0 Å². The van der Waals surface area contributed by atoms with Crippen LogP contribution in [-0.2, 0) is 9.53 Å². The largest absolute Gasteiger partial charge is 0.489 e. The Balaban J connectivity index is 2.71. The summed E-state index contributed by atoms with van der Waals surface area (Å²) in [6.07, 6.45) is -0.176. The summed E-state index contributed by atoms with van der Waals surface area (Å²) in [5.74, 6) is -1.23. The number of benzene rings is 1. The highest BCUT2D eigenvalue weighted by Crippen LogP contribution is 2.25. The molecule has 2 amide bonds. The van der Waals surface area contributed by atoms with Crippen LogP contribution in [0.5, 0.6) is 5.75 Å². The number of halogens is 1. The van der Waals surface area contributed by atoms with Gasteiger partial charge in [0, 0.05) is 26.8 Å². The normalized spacial score (nSPS) is 10.1. The van der Waals surface area contributed by atoms with Crippen molar-refractivity contribution in [1.82, 2.24) is 4.90 Å². The molecule has 0 radical (unpaired) electrons. The minimum Gasteiger partial charge on any atom is -0.489 e. The molecular weight excluding hydrogens is 295 g/mol. The predicted molar refractivity (Wildman–Crippen MR) is 77.7 cm³/mol. The number of nitrogens with zero attached hydrogens (tertiary/aromatic N) is 1. The molecule has 1 aromatic carbocycles. The number of amides is 2. The zero-order valence-corrected chi connectivity index (χ0v) is 12.5. The number of carboxylic acids is 1. The molecule has 2 N–H and O–H groups in total. The van der Waals surface area contributed by atoms with Crippen molar-refractivity contribution in [3.05, 3.63) is 24.0 Å². The van der Waals surface area contributed by atoms with Crippen molar-refractivity contribution in [2.24, 2.45) is 0 Å². The van der Waals surface area contributed by atoms with Gasteiger partial charge in [-0.2, -0.15) is 0 Å². The number of ether oxygens (including phenoxy) is 2. The first-order valence-electron chi connectivity index (χ1n) is 6.59. The first-order valence-corrected chi connectivity index (χ1v) is 6.59. The Kier molecular flexibility index (Phi) is 7.11. The van der Waals surface area contributed by atoms with Crippen molar-refractivity contribution in [3.63, 3.8) is 0 Å². The van der Waals surface area contributed by atoms with Gasteiger partial charge in [-0.3, -0.25) is 4.79 Å². The molecule has 0 saturated heterocycles. The van der Waals surface area contributed by atoms with E-state index in [1.54, 1.807) is 0 Å². The van der Waals surface area contributed by atoms with E-state index in [0.29, 0.717) is 12.4 Å². The van der Waals surface area contributed by atoms with Gasteiger partial charge in [0.25, 0.3) is 0 Å². The Hall–Kier alpha value is -2.35. The lowest BCUT2D eigenvalue weighted by atomic mass is 10.3. The smallest absolute Gasteiger partial charge is 0.321 e. The molecule has 0 saturated carbocycles. The second-order valence-corrected chi connectivity index (χ2v) is 4.48. The van der Waals surface area contributed by atoms with Gasteiger partial charge in [0.15, 0.2) is 0 Å². The number of carbonyl (C=O) groups excluding carboxylic acids is 1. The summed E-state index contributed by atoms with van der Waals surface area (Å²) in [6.45, 7) is 0.638. The van der Waals surface area contributed by atoms with Crippen molar-refractivity contribution in [3.8, 4) is 5.75 Å². The van der Waals surface area contributed by atoms with Crippen LogP contribution < -0.4 is 10.1 Å². The fourth-order valence-corrected chi connectivity index (χ4v) is 1.54. The van der Waals surface area contributed by atoms with Crippen molar-refractivity contribution in [1.29, 1.82) is 0 Å². The second kappa shape index (κ2) is 8.83. The molecule has 0 bridgehead atoms. The van der Waals surface area contributed by atoms with E-state index in [-0.39, 0.29) is 25.3 Å². The number of hydrogen-bond donors (Lipinski definition) is 2. The van der Waals surface area contributed by atoms with Gasteiger partial charge in [-0.05, 0) is 12.1 Å². The summed E-state index contributed by atoms with van der Waals surface area (Å²) in [4.78, 5) is 23.6. The van der Waals surface area contributed by atoms with Crippen LogP contribution in [0.3, 0.4) is 0 Å². The lowest BCUT2D eigenvalue weighted by Gasteiger charge is -2.18. The van der Waals surface area contributed by atoms with Gasteiger partial charge < -0.3 is 24.8 Å². The third-order valence-corrected chi connectivity index (χ3v) is 2.74. The van der Waals surface area contributed by atoms with Gasteiger partial charge in [0.05, 0.1) is 18.7 Å². The van der Waals surface area contributed by atoms with Crippen LogP contribution >= 0.6 is 0 Å². The first kappa shape index (κ1) is 17.7. The van der Waals surface area contributed by atoms with Crippen molar-refractivity contribution < 1.29 is 28.6 Å². The number of urea groups is 1. The van der Waals surface area contributed by atoms with Gasteiger partial charge in [0.1, 0.15) is 18.2 Å². The zero-order valence-electron chi connectivity index (χ0n) is 12.5. The maximum Gasteiger partial charge on any atom is 0.321 e. The van der Waals surface area contributed by atoms with Gasteiger partial charge in [-0.25, -0.2) is 9.18 Å². The fraction of sp³-hybridized carbons (Fsp3) is 0.429. The molecule has 0 spiro atoms. The topological polar surface area (TPSA) is 88.1 Å². The van der Waals surface area contributed by atoms with E-state index in [9.17, 15) is 14.0 Å². The summed E-state index contributed by atoms with van der Waals surface area (Å²) in [6, 6.07) is 3.19. The van der Waals surface area contributed by atoms with Crippen LogP contribution in [0.15, 0.2) is 18.2 Å². The molecule has 0 aliphatic rings. The minimum absolute atomic E-state index is 0.0380. The lowest BCUT2D eigenvalue weighted by molar-refractivity contribution is -0.137. The summed E-state index contributed by atoms with van der Waals surface area (Å²) >= 11 is 0. The lowest BCUT2D eigenvalue weighted by Crippen LogP contribution is -2.33. The molecule has 1 aromatic rings. The molecule has 8 heteroatoms. The zero-order chi connectivity index (χ0) is 16.5. The number of anilines is 1. The number of carbonyl (C=O) groups is 2. The molecule has 0 aromatic heterocycles. The average Bonchev–Trinajstić information content (AvgIpc) is 2.47. The molecule has 0 atom stereocenters. The van der Waals surface area contributed by atoms with E-state index in [0.717, 1.165) is 6.07 Å². The van der Waals surface area contributed by atoms with Gasteiger partial charge in [0.2, 0.25) is 0 Å². The summed E-state index contributed by atoms with van der Waals surface area (Å²) < 4.78 is 23.6. The maximum atomic E-state index is 13.3. The number of methoxy groups -OCH3 is 1. The molecule has 122 valence electrons. The number of rotatable bonds is 8. The molecule has 22 heavy (non-hydrogen) atoms. The fourth-order valence-electron chi connectivity index (χ4n) is 1.54. The van der Waals surface area contributed by atoms with Gasteiger partial charge >= 0.3 is 12.0 Å². The van der Waals surface area contributed by atoms with Crippen molar-refractivity contribution in [2.45, 2.75) is 6.42 Å². The minimum atomic E-state index is -1.01. The van der Waals surface area contributed by atoms with E-state index in [4.69, 9.17) is 14.6 Å².